The van der Waals surface area contributed by atoms with Gasteiger partial charge in [-0.05, 0) is 42.8 Å². The Morgan fingerprint density at radius 2 is 1.94 bits per heavy atom. The second kappa shape index (κ2) is 9.25. The maximum atomic E-state index is 13.3. The van der Waals surface area contributed by atoms with Crippen LogP contribution in [0.2, 0.25) is 10.0 Å². The van der Waals surface area contributed by atoms with Crippen molar-refractivity contribution in [2.45, 2.75) is 25.2 Å². The van der Waals surface area contributed by atoms with Crippen molar-refractivity contribution < 1.29 is 26.4 Å². The summed E-state index contributed by atoms with van der Waals surface area (Å²) in [6.45, 7) is 1.76. The number of sulfone groups is 1. The Labute approximate surface area is 208 Å². The summed E-state index contributed by atoms with van der Waals surface area (Å²) >= 11 is 13.3. The van der Waals surface area contributed by atoms with Crippen LogP contribution < -0.4 is 10.2 Å². The zero-order valence-corrected chi connectivity index (χ0v) is 20.7. The number of alkyl halides is 3. The number of hydrogen-bond acceptors (Lipinski definition) is 6. The van der Waals surface area contributed by atoms with Gasteiger partial charge in [-0.1, -0.05) is 41.0 Å². The molecule has 2 aromatic rings. The third-order valence-electron chi connectivity index (χ3n) is 5.51. The number of aliphatic imine (C=N–C) groups is 1. The van der Waals surface area contributed by atoms with Crippen LogP contribution in [0.4, 0.5) is 24.5 Å². The lowest BCUT2D eigenvalue weighted by Crippen LogP contribution is -2.39. The van der Waals surface area contributed by atoms with Gasteiger partial charge in [-0.3, -0.25) is 9.79 Å². The van der Waals surface area contributed by atoms with Crippen molar-refractivity contribution in [2.24, 2.45) is 4.99 Å². The summed E-state index contributed by atoms with van der Waals surface area (Å²) in [5.74, 6) is -0.976. The van der Waals surface area contributed by atoms with E-state index < -0.39 is 33.7 Å². The fraction of sp³-hybridized carbons (Fsp3) is 0.333. The summed E-state index contributed by atoms with van der Waals surface area (Å²) in [6, 6.07) is 6.57. The van der Waals surface area contributed by atoms with Crippen LogP contribution in [0.15, 0.2) is 41.4 Å². The zero-order valence-electron chi connectivity index (χ0n) is 17.6. The van der Waals surface area contributed by atoms with Crippen LogP contribution in [0.1, 0.15) is 11.1 Å². The van der Waals surface area contributed by atoms with Crippen LogP contribution in [0.5, 0.6) is 0 Å². The Morgan fingerprint density at radius 3 is 2.65 bits per heavy atom. The van der Waals surface area contributed by atoms with Crippen molar-refractivity contribution in [1.29, 1.82) is 0 Å². The minimum Gasteiger partial charge on any atom is -0.325 e. The third kappa shape index (κ3) is 5.17. The molecule has 1 fully saturated rings. The standard InChI is InChI=1S/C21H18Cl2F3N3O3S2/c1-11-13(22)3-2-4-15(11)27-19(30)8-33-20-28-16-9-34(31,32)10-18(16)29(20)17-7-12(21(24,25)26)5-6-14(17)23/h2-7,16,18H,8-10H2,1H3,(H,27,30). The van der Waals surface area contributed by atoms with Gasteiger partial charge >= 0.3 is 6.18 Å². The SMILES string of the molecule is Cc1c(Cl)cccc1NC(=O)CSC1=NC2CS(=O)(=O)CC2N1c1cc(C(F)(F)F)ccc1Cl. The quantitative estimate of drug-likeness (QED) is 0.576. The number of halogens is 5. The summed E-state index contributed by atoms with van der Waals surface area (Å²) in [5.41, 5.74) is 0.304. The van der Waals surface area contributed by atoms with Gasteiger partial charge in [-0.15, -0.1) is 0 Å². The first-order valence-electron chi connectivity index (χ1n) is 9.98. The summed E-state index contributed by atoms with van der Waals surface area (Å²) in [5, 5.41) is 3.49. The molecule has 0 spiro atoms. The highest BCUT2D eigenvalue weighted by atomic mass is 35.5. The lowest BCUT2D eigenvalue weighted by Gasteiger charge is -2.28. The van der Waals surface area contributed by atoms with Gasteiger partial charge in [-0.2, -0.15) is 13.2 Å². The molecule has 1 N–H and O–H groups in total. The van der Waals surface area contributed by atoms with Crippen molar-refractivity contribution in [2.75, 3.05) is 27.5 Å². The molecule has 0 radical (unpaired) electrons. The number of rotatable bonds is 4. The summed E-state index contributed by atoms with van der Waals surface area (Å²) in [7, 11) is -3.42. The molecule has 2 aliphatic heterocycles. The van der Waals surface area contributed by atoms with Gasteiger partial charge in [0, 0.05) is 10.7 Å². The number of benzene rings is 2. The van der Waals surface area contributed by atoms with Crippen LogP contribution in [0.25, 0.3) is 0 Å². The minimum atomic E-state index is -4.61. The van der Waals surface area contributed by atoms with E-state index in [2.05, 4.69) is 10.3 Å². The number of hydrogen-bond donors (Lipinski definition) is 1. The molecule has 4 rings (SSSR count). The normalized spacial score (nSPS) is 21.4. The zero-order chi connectivity index (χ0) is 24.8. The van der Waals surface area contributed by atoms with Crippen LogP contribution in [-0.2, 0) is 20.8 Å². The van der Waals surface area contributed by atoms with E-state index in [4.69, 9.17) is 23.2 Å². The lowest BCUT2D eigenvalue weighted by molar-refractivity contribution is -0.137. The number of thioether (sulfide) groups is 1. The van der Waals surface area contributed by atoms with E-state index in [1.807, 2.05) is 0 Å². The van der Waals surface area contributed by atoms with Crippen molar-refractivity contribution >= 4 is 67.3 Å². The summed E-state index contributed by atoms with van der Waals surface area (Å²) < 4.78 is 64.4. The highest BCUT2D eigenvalue weighted by molar-refractivity contribution is 8.14. The number of carbonyl (C=O) groups excluding carboxylic acids is 1. The second-order valence-corrected chi connectivity index (χ2v) is 11.8. The van der Waals surface area contributed by atoms with E-state index in [1.165, 1.54) is 4.90 Å². The molecule has 2 aromatic carbocycles. The van der Waals surface area contributed by atoms with Crippen molar-refractivity contribution in [3.05, 3.63) is 57.6 Å². The first-order chi connectivity index (χ1) is 15.9. The smallest absolute Gasteiger partial charge is 0.325 e. The maximum absolute atomic E-state index is 13.3. The molecule has 0 aliphatic carbocycles. The molecule has 2 unspecified atom stereocenters. The number of amidine groups is 1. The first kappa shape index (κ1) is 25.2. The van der Waals surface area contributed by atoms with Crippen molar-refractivity contribution in [3.8, 4) is 0 Å². The molecule has 6 nitrogen and oxygen atoms in total. The highest BCUT2D eigenvalue weighted by Gasteiger charge is 2.48. The Morgan fingerprint density at radius 1 is 1.21 bits per heavy atom. The van der Waals surface area contributed by atoms with Crippen LogP contribution in [-0.4, -0.2) is 48.8 Å². The predicted molar refractivity (Wildman–Crippen MR) is 130 cm³/mol. The molecule has 34 heavy (non-hydrogen) atoms. The molecule has 0 bridgehead atoms. The van der Waals surface area contributed by atoms with Crippen molar-refractivity contribution in [3.63, 3.8) is 0 Å². The molecule has 1 amide bonds. The van der Waals surface area contributed by atoms with E-state index >= 15 is 0 Å². The molecule has 13 heteroatoms. The van der Waals surface area contributed by atoms with Gasteiger partial charge in [0.05, 0.1) is 45.6 Å². The largest absolute Gasteiger partial charge is 0.416 e. The highest BCUT2D eigenvalue weighted by Crippen LogP contribution is 2.41. The monoisotopic (exact) mass is 551 g/mol. The second-order valence-electron chi connectivity index (χ2n) is 7.91. The van der Waals surface area contributed by atoms with Gasteiger partial charge in [-0.25, -0.2) is 8.42 Å². The van der Waals surface area contributed by atoms with E-state index in [9.17, 15) is 26.4 Å². The molecule has 182 valence electrons. The predicted octanol–water partition coefficient (Wildman–Crippen LogP) is 5.03. The van der Waals surface area contributed by atoms with Gasteiger partial charge < -0.3 is 10.2 Å². The molecular weight excluding hydrogens is 534 g/mol. The van der Waals surface area contributed by atoms with E-state index in [-0.39, 0.29) is 39.0 Å². The van der Waals surface area contributed by atoms with Crippen LogP contribution in [0.3, 0.4) is 0 Å². The summed E-state index contributed by atoms with van der Waals surface area (Å²) in [4.78, 5) is 18.4. The lowest BCUT2D eigenvalue weighted by atomic mass is 10.1. The van der Waals surface area contributed by atoms with Gasteiger partial charge in [0.2, 0.25) is 5.91 Å². The molecule has 1 saturated heterocycles. The molecule has 2 aliphatic rings. The van der Waals surface area contributed by atoms with Crippen LogP contribution >= 0.6 is 35.0 Å². The maximum Gasteiger partial charge on any atom is 0.416 e. The number of amides is 1. The Bertz CT molecular complexity index is 1290. The fourth-order valence-corrected chi connectivity index (χ4v) is 6.99. The average Bonchev–Trinajstić information content (AvgIpc) is 3.20. The van der Waals surface area contributed by atoms with Crippen molar-refractivity contribution in [1.82, 2.24) is 0 Å². The Kier molecular flexibility index (Phi) is 6.84. The number of nitrogens with zero attached hydrogens (tertiary/aromatic N) is 2. The van der Waals surface area contributed by atoms with Gasteiger partial charge in [0.15, 0.2) is 15.0 Å². The third-order valence-corrected chi connectivity index (χ3v) is 8.91. The number of fused-ring (bicyclic) bond motifs is 1. The molecule has 2 heterocycles. The molecule has 0 aromatic heterocycles. The van der Waals surface area contributed by atoms with E-state index in [0.29, 0.717) is 16.3 Å². The first-order valence-corrected chi connectivity index (χ1v) is 13.5. The number of carbonyl (C=O) groups is 1. The molecular formula is C21H18Cl2F3N3O3S2. The fourth-order valence-electron chi connectivity index (χ4n) is 3.85. The molecule has 2 atom stereocenters. The topological polar surface area (TPSA) is 78.8 Å². The number of anilines is 2. The Hall–Kier alpha value is -1.95. The van der Waals surface area contributed by atoms with E-state index in [1.54, 1.807) is 25.1 Å². The van der Waals surface area contributed by atoms with E-state index in [0.717, 1.165) is 30.0 Å². The molecule has 0 saturated carbocycles. The Balaban J connectivity index is 1.60. The summed E-state index contributed by atoms with van der Waals surface area (Å²) in [6.07, 6.45) is -4.61. The van der Waals surface area contributed by atoms with Gasteiger partial charge in [0.25, 0.3) is 0 Å². The van der Waals surface area contributed by atoms with Gasteiger partial charge in [0.1, 0.15) is 0 Å². The minimum absolute atomic E-state index is 0.00145. The average molecular weight is 552 g/mol. The van der Waals surface area contributed by atoms with Crippen LogP contribution in [0, 0.1) is 6.92 Å². The number of nitrogens with one attached hydrogen (secondary N) is 1.